The molecule has 152 valence electrons. The van der Waals surface area contributed by atoms with Crippen molar-refractivity contribution in [3.63, 3.8) is 0 Å². The molecule has 0 fully saturated rings. The first-order valence-corrected chi connectivity index (χ1v) is 9.81. The summed E-state index contributed by atoms with van der Waals surface area (Å²) >= 11 is 1.52. The van der Waals surface area contributed by atoms with E-state index in [1.165, 1.54) is 39.1 Å². The van der Waals surface area contributed by atoms with Crippen molar-refractivity contribution < 1.29 is 23.4 Å². The Morgan fingerprint density at radius 1 is 1.03 bits per heavy atom. The van der Waals surface area contributed by atoms with Gasteiger partial charge in [0, 0.05) is 33.8 Å². The van der Waals surface area contributed by atoms with Gasteiger partial charge in [0.25, 0.3) is 0 Å². The van der Waals surface area contributed by atoms with Gasteiger partial charge in [-0.1, -0.05) is 6.07 Å². The normalized spacial score (nSPS) is 10.6. The number of benzene rings is 2. The number of aldehydes is 1. The molecule has 0 unspecified atom stereocenters. The summed E-state index contributed by atoms with van der Waals surface area (Å²) in [5.41, 5.74) is 3.33. The van der Waals surface area contributed by atoms with Gasteiger partial charge in [0.15, 0.2) is 29.9 Å². The summed E-state index contributed by atoms with van der Waals surface area (Å²) in [6.45, 7) is 0. The lowest BCUT2D eigenvalue weighted by atomic mass is 9.91. The van der Waals surface area contributed by atoms with E-state index in [-0.39, 0.29) is 0 Å². The smallest absolute Gasteiger partial charge is 0.203 e. The lowest BCUT2D eigenvalue weighted by molar-refractivity contribution is 0.112. The minimum absolute atomic E-state index is 0.385. The summed E-state index contributed by atoms with van der Waals surface area (Å²) in [5.74, 6) is 1.74. The minimum Gasteiger partial charge on any atom is -0.493 e. The molecule has 2 heterocycles. The molecule has 4 aromatic rings. The summed E-state index contributed by atoms with van der Waals surface area (Å²) in [5, 5.41) is 2.76. The van der Waals surface area contributed by atoms with E-state index in [2.05, 4.69) is 9.97 Å². The molecular formula is C22H18N2O5S. The fourth-order valence-corrected chi connectivity index (χ4v) is 4.00. The number of carbonyl (C=O) groups excluding carboxylic acids is 1. The van der Waals surface area contributed by atoms with Gasteiger partial charge in [-0.2, -0.15) is 0 Å². The molecule has 0 aliphatic rings. The standard InChI is InChI=1S/C22H18N2O5S/c1-26-17-9-14(11-25)19(21(28-3)20(17)27-2)16-8-13(22-24-6-7-30-22)4-5-15(16)18-10-23-12-29-18/h4-12H,1-3H3. The average molecular weight is 422 g/mol. The highest BCUT2D eigenvalue weighted by Gasteiger charge is 2.25. The van der Waals surface area contributed by atoms with E-state index in [0.717, 1.165) is 28.0 Å². The maximum absolute atomic E-state index is 12.0. The second kappa shape index (κ2) is 8.38. The van der Waals surface area contributed by atoms with Crippen LogP contribution in [0.1, 0.15) is 10.4 Å². The van der Waals surface area contributed by atoms with Gasteiger partial charge >= 0.3 is 0 Å². The summed E-state index contributed by atoms with van der Waals surface area (Å²) in [4.78, 5) is 20.5. The lowest BCUT2D eigenvalue weighted by Crippen LogP contribution is -2.01. The molecule has 0 amide bonds. The van der Waals surface area contributed by atoms with Crippen LogP contribution in [0, 0.1) is 0 Å². The van der Waals surface area contributed by atoms with Crippen molar-refractivity contribution in [2.45, 2.75) is 0 Å². The zero-order valence-electron chi connectivity index (χ0n) is 16.5. The van der Waals surface area contributed by atoms with Crippen LogP contribution in [0.3, 0.4) is 0 Å². The van der Waals surface area contributed by atoms with Crippen molar-refractivity contribution in [2.75, 3.05) is 21.3 Å². The van der Waals surface area contributed by atoms with E-state index < -0.39 is 0 Å². The highest BCUT2D eigenvalue weighted by Crippen LogP contribution is 2.49. The molecule has 0 N–H and O–H groups in total. The first kappa shape index (κ1) is 19.7. The monoisotopic (exact) mass is 422 g/mol. The third-order valence-electron chi connectivity index (χ3n) is 4.65. The van der Waals surface area contributed by atoms with E-state index >= 15 is 0 Å². The van der Waals surface area contributed by atoms with Gasteiger partial charge in [-0.25, -0.2) is 9.97 Å². The molecule has 0 spiro atoms. The van der Waals surface area contributed by atoms with Crippen LogP contribution in [0.2, 0.25) is 0 Å². The molecule has 7 nitrogen and oxygen atoms in total. The van der Waals surface area contributed by atoms with Crippen LogP contribution in [0.4, 0.5) is 0 Å². The number of ether oxygens (including phenoxy) is 3. The Bertz CT molecular complexity index is 1170. The molecule has 0 radical (unpaired) electrons. The molecule has 2 aromatic heterocycles. The third kappa shape index (κ3) is 3.31. The largest absolute Gasteiger partial charge is 0.493 e. The molecule has 0 aliphatic heterocycles. The number of hydrogen-bond acceptors (Lipinski definition) is 8. The highest BCUT2D eigenvalue weighted by molar-refractivity contribution is 7.13. The Labute approximate surface area is 176 Å². The Morgan fingerprint density at radius 3 is 2.47 bits per heavy atom. The molecule has 0 saturated carbocycles. The SMILES string of the molecule is COc1cc(C=O)c(-c2cc(-c3nccs3)ccc2-c2cnco2)c(OC)c1OC. The van der Waals surface area contributed by atoms with E-state index in [1.54, 1.807) is 18.5 Å². The molecule has 4 rings (SSSR count). The zero-order chi connectivity index (χ0) is 21.1. The van der Waals surface area contributed by atoms with Gasteiger partial charge in [0.05, 0.1) is 27.5 Å². The first-order chi connectivity index (χ1) is 14.7. The number of aromatic nitrogens is 2. The summed E-state index contributed by atoms with van der Waals surface area (Å²) in [7, 11) is 4.55. The molecule has 0 aliphatic carbocycles. The van der Waals surface area contributed by atoms with Crippen LogP contribution in [0.15, 0.2) is 52.9 Å². The van der Waals surface area contributed by atoms with E-state index in [9.17, 15) is 4.79 Å². The Hall–Kier alpha value is -3.65. The third-order valence-corrected chi connectivity index (χ3v) is 5.48. The summed E-state index contributed by atoms with van der Waals surface area (Å²) in [6.07, 6.45) is 5.49. The van der Waals surface area contributed by atoms with E-state index in [1.807, 2.05) is 23.6 Å². The maximum Gasteiger partial charge on any atom is 0.203 e. The van der Waals surface area contributed by atoms with Crippen molar-refractivity contribution in [2.24, 2.45) is 0 Å². The van der Waals surface area contributed by atoms with Crippen molar-refractivity contribution in [3.8, 4) is 50.3 Å². The van der Waals surface area contributed by atoms with Crippen molar-refractivity contribution >= 4 is 17.6 Å². The van der Waals surface area contributed by atoms with Gasteiger partial charge in [-0.05, 0) is 23.8 Å². The number of hydrogen-bond donors (Lipinski definition) is 0. The van der Waals surface area contributed by atoms with Crippen molar-refractivity contribution in [1.29, 1.82) is 0 Å². The summed E-state index contributed by atoms with van der Waals surface area (Å²) < 4.78 is 22.2. The molecule has 0 saturated heterocycles. The van der Waals surface area contributed by atoms with E-state index in [0.29, 0.717) is 34.1 Å². The van der Waals surface area contributed by atoms with Crippen LogP contribution >= 0.6 is 11.3 Å². The van der Waals surface area contributed by atoms with Gasteiger partial charge in [0.2, 0.25) is 5.75 Å². The van der Waals surface area contributed by atoms with Gasteiger partial charge in [0.1, 0.15) is 5.01 Å². The Kier molecular flexibility index (Phi) is 5.49. The number of rotatable bonds is 7. The predicted octanol–water partition coefficient (Wildman–Crippen LogP) is 4.97. The maximum atomic E-state index is 12.0. The average Bonchev–Trinajstić information content (AvgIpc) is 3.51. The van der Waals surface area contributed by atoms with Crippen LogP contribution in [0.25, 0.3) is 33.0 Å². The van der Waals surface area contributed by atoms with Gasteiger partial charge in [-0.15, -0.1) is 11.3 Å². The Morgan fingerprint density at radius 2 is 1.87 bits per heavy atom. The molecular weight excluding hydrogens is 404 g/mol. The van der Waals surface area contributed by atoms with Gasteiger partial charge in [-0.3, -0.25) is 4.79 Å². The fraction of sp³-hybridized carbons (Fsp3) is 0.136. The molecule has 2 aromatic carbocycles. The second-order valence-electron chi connectivity index (χ2n) is 6.19. The van der Waals surface area contributed by atoms with Crippen molar-refractivity contribution in [3.05, 3.63) is 54.0 Å². The highest BCUT2D eigenvalue weighted by atomic mass is 32.1. The Balaban J connectivity index is 2.08. The second-order valence-corrected chi connectivity index (χ2v) is 7.09. The number of methoxy groups -OCH3 is 3. The topological polar surface area (TPSA) is 83.7 Å². The van der Waals surface area contributed by atoms with Crippen LogP contribution < -0.4 is 14.2 Å². The van der Waals surface area contributed by atoms with E-state index in [4.69, 9.17) is 18.6 Å². The summed E-state index contributed by atoms with van der Waals surface area (Å²) in [6, 6.07) is 7.45. The minimum atomic E-state index is 0.385. The number of thiazole rings is 1. The predicted molar refractivity (Wildman–Crippen MR) is 114 cm³/mol. The first-order valence-electron chi connectivity index (χ1n) is 8.93. The molecule has 8 heteroatoms. The van der Waals surface area contributed by atoms with Crippen LogP contribution in [-0.4, -0.2) is 37.6 Å². The van der Waals surface area contributed by atoms with Crippen LogP contribution in [-0.2, 0) is 0 Å². The van der Waals surface area contributed by atoms with Crippen molar-refractivity contribution in [1.82, 2.24) is 9.97 Å². The molecule has 0 bridgehead atoms. The number of oxazole rings is 1. The zero-order valence-corrected chi connectivity index (χ0v) is 17.4. The number of carbonyl (C=O) groups is 1. The van der Waals surface area contributed by atoms with Crippen LogP contribution in [0.5, 0.6) is 17.2 Å². The lowest BCUT2D eigenvalue weighted by Gasteiger charge is -2.19. The molecule has 0 atom stereocenters. The number of nitrogens with zero attached hydrogens (tertiary/aromatic N) is 2. The fourth-order valence-electron chi connectivity index (χ4n) is 3.36. The van der Waals surface area contributed by atoms with Gasteiger partial charge < -0.3 is 18.6 Å². The molecule has 30 heavy (non-hydrogen) atoms. The quantitative estimate of drug-likeness (QED) is 0.389.